The molecule has 2 saturated carbocycles. The molecular formula is C16H20N6O3. The molecule has 9 nitrogen and oxygen atoms in total. The fourth-order valence-corrected chi connectivity index (χ4v) is 2.86. The molecule has 2 aliphatic rings. The van der Waals surface area contributed by atoms with E-state index >= 15 is 0 Å². The summed E-state index contributed by atoms with van der Waals surface area (Å²) in [5.74, 6) is 1.44. The average Bonchev–Trinajstić information content (AvgIpc) is 3.29. The van der Waals surface area contributed by atoms with Crippen molar-refractivity contribution < 1.29 is 9.90 Å². The number of rotatable bonds is 6. The standard InChI is InChI=1S/C16H20N6O3/c23-12(8-4-5-8)14-19-11(21-22-14)7-18-15(24)10-6-17-13(20-16(10)25)9-2-1-3-9/h6,8-9,12,23H,1-5,7H2,(H,18,24)(H,17,20,25)(H,19,21,22). The van der Waals surface area contributed by atoms with Crippen LogP contribution >= 0.6 is 0 Å². The molecule has 2 aromatic heterocycles. The maximum Gasteiger partial charge on any atom is 0.263 e. The summed E-state index contributed by atoms with van der Waals surface area (Å²) >= 11 is 0. The first kappa shape index (κ1) is 15.9. The van der Waals surface area contributed by atoms with Crippen LogP contribution in [-0.2, 0) is 6.54 Å². The van der Waals surface area contributed by atoms with Crippen molar-refractivity contribution in [2.24, 2.45) is 5.92 Å². The van der Waals surface area contributed by atoms with Crippen LogP contribution in [0.3, 0.4) is 0 Å². The predicted octanol–water partition coefficient (Wildman–Crippen LogP) is 0.529. The Hall–Kier alpha value is -2.55. The second kappa shape index (κ2) is 6.40. The summed E-state index contributed by atoms with van der Waals surface area (Å²) in [5, 5.41) is 19.3. The van der Waals surface area contributed by atoms with E-state index in [-0.39, 0.29) is 18.0 Å². The van der Waals surface area contributed by atoms with Gasteiger partial charge in [0.15, 0.2) is 5.82 Å². The van der Waals surface area contributed by atoms with E-state index in [0.717, 1.165) is 32.1 Å². The summed E-state index contributed by atoms with van der Waals surface area (Å²) in [7, 11) is 0. The molecule has 0 radical (unpaired) electrons. The molecule has 0 bridgehead atoms. The Morgan fingerprint density at radius 3 is 2.80 bits per heavy atom. The highest BCUT2D eigenvalue weighted by Gasteiger charge is 2.33. The zero-order valence-electron chi connectivity index (χ0n) is 13.7. The Labute approximate surface area is 143 Å². The van der Waals surface area contributed by atoms with Gasteiger partial charge in [-0.3, -0.25) is 14.7 Å². The number of H-pyrrole nitrogens is 2. The highest BCUT2D eigenvalue weighted by molar-refractivity contribution is 5.93. The van der Waals surface area contributed by atoms with Crippen molar-refractivity contribution in [3.05, 3.63) is 39.6 Å². The number of hydrogen-bond donors (Lipinski definition) is 4. The van der Waals surface area contributed by atoms with Gasteiger partial charge in [-0.05, 0) is 31.6 Å². The van der Waals surface area contributed by atoms with Crippen molar-refractivity contribution in [2.45, 2.75) is 50.7 Å². The van der Waals surface area contributed by atoms with Crippen LogP contribution in [0.25, 0.3) is 0 Å². The second-order valence-corrected chi connectivity index (χ2v) is 6.74. The molecule has 0 aliphatic heterocycles. The number of amides is 1. The average molecular weight is 344 g/mol. The van der Waals surface area contributed by atoms with E-state index in [2.05, 4.69) is 30.5 Å². The molecule has 2 fully saturated rings. The van der Waals surface area contributed by atoms with Crippen molar-refractivity contribution in [3.8, 4) is 0 Å². The van der Waals surface area contributed by atoms with Crippen LogP contribution in [0.1, 0.15) is 72.0 Å². The van der Waals surface area contributed by atoms with Gasteiger partial charge in [0.25, 0.3) is 11.5 Å². The van der Waals surface area contributed by atoms with Crippen LogP contribution in [-0.4, -0.2) is 36.2 Å². The SMILES string of the molecule is O=C(NCc1nc(C(O)C2CC2)n[nH]1)c1cnc(C2CCC2)[nH]c1=O. The monoisotopic (exact) mass is 344 g/mol. The van der Waals surface area contributed by atoms with E-state index in [1.807, 2.05) is 0 Å². The minimum Gasteiger partial charge on any atom is -0.385 e. The summed E-state index contributed by atoms with van der Waals surface area (Å²) < 4.78 is 0. The molecule has 0 spiro atoms. The van der Waals surface area contributed by atoms with Gasteiger partial charge in [0, 0.05) is 12.1 Å². The Morgan fingerprint density at radius 1 is 1.36 bits per heavy atom. The smallest absolute Gasteiger partial charge is 0.263 e. The van der Waals surface area contributed by atoms with Crippen LogP contribution in [0.15, 0.2) is 11.0 Å². The van der Waals surface area contributed by atoms with Gasteiger partial charge in [-0.1, -0.05) is 6.42 Å². The van der Waals surface area contributed by atoms with Crippen LogP contribution in [0.2, 0.25) is 0 Å². The van der Waals surface area contributed by atoms with E-state index in [1.54, 1.807) is 0 Å². The van der Waals surface area contributed by atoms with Gasteiger partial charge in [-0.2, -0.15) is 5.10 Å². The summed E-state index contributed by atoms with van der Waals surface area (Å²) in [4.78, 5) is 35.4. The molecule has 132 valence electrons. The van der Waals surface area contributed by atoms with Crippen LogP contribution in [0, 0.1) is 5.92 Å². The second-order valence-electron chi connectivity index (χ2n) is 6.74. The molecule has 2 heterocycles. The van der Waals surface area contributed by atoms with Gasteiger partial charge in [0.1, 0.15) is 23.3 Å². The molecule has 0 aromatic carbocycles. The fraction of sp³-hybridized carbons (Fsp3) is 0.562. The first-order valence-electron chi connectivity index (χ1n) is 8.58. The normalized spacial score (nSPS) is 18.6. The third-order valence-electron chi connectivity index (χ3n) is 4.85. The molecule has 4 rings (SSSR count). The van der Waals surface area contributed by atoms with Crippen molar-refractivity contribution in [2.75, 3.05) is 0 Å². The summed E-state index contributed by atoms with van der Waals surface area (Å²) in [6.45, 7) is 0.0903. The van der Waals surface area contributed by atoms with Gasteiger partial charge in [-0.25, -0.2) is 9.97 Å². The predicted molar refractivity (Wildman–Crippen MR) is 86.7 cm³/mol. The summed E-state index contributed by atoms with van der Waals surface area (Å²) in [6, 6.07) is 0. The minimum atomic E-state index is -0.660. The third-order valence-corrected chi connectivity index (χ3v) is 4.85. The highest BCUT2D eigenvalue weighted by atomic mass is 16.3. The largest absolute Gasteiger partial charge is 0.385 e. The first-order chi connectivity index (χ1) is 12.1. The van der Waals surface area contributed by atoms with Gasteiger partial charge >= 0.3 is 0 Å². The first-order valence-corrected chi connectivity index (χ1v) is 8.58. The number of aliphatic hydroxyl groups excluding tert-OH is 1. The van der Waals surface area contributed by atoms with Crippen molar-refractivity contribution in [1.29, 1.82) is 0 Å². The van der Waals surface area contributed by atoms with E-state index in [9.17, 15) is 14.7 Å². The zero-order valence-corrected chi connectivity index (χ0v) is 13.7. The lowest BCUT2D eigenvalue weighted by Crippen LogP contribution is -2.31. The number of hydrogen-bond acceptors (Lipinski definition) is 6. The number of aromatic amines is 2. The topological polar surface area (TPSA) is 137 Å². The Bertz CT molecular complexity index is 836. The molecule has 4 N–H and O–H groups in total. The number of aromatic nitrogens is 5. The molecule has 9 heteroatoms. The quantitative estimate of drug-likeness (QED) is 0.603. The number of carbonyl (C=O) groups excluding carboxylic acids is 1. The lowest BCUT2D eigenvalue weighted by atomic mass is 9.85. The number of aliphatic hydroxyl groups is 1. The van der Waals surface area contributed by atoms with Crippen LogP contribution in [0.4, 0.5) is 0 Å². The zero-order chi connectivity index (χ0) is 17.4. The van der Waals surface area contributed by atoms with Crippen molar-refractivity contribution in [1.82, 2.24) is 30.5 Å². The van der Waals surface area contributed by atoms with Gasteiger partial charge in [-0.15, -0.1) is 0 Å². The molecular weight excluding hydrogens is 324 g/mol. The molecule has 1 unspecified atom stereocenters. The molecule has 2 aromatic rings. The van der Waals surface area contributed by atoms with E-state index < -0.39 is 17.6 Å². The maximum absolute atomic E-state index is 12.2. The van der Waals surface area contributed by atoms with E-state index in [4.69, 9.17) is 0 Å². The molecule has 25 heavy (non-hydrogen) atoms. The molecule has 2 aliphatic carbocycles. The van der Waals surface area contributed by atoms with Gasteiger partial charge in [0.05, 0.1) is 6.54 Å². The Kier molecular flexibility index (Phi) is 4.08. The number of nitrogens with zero attached hydrogens (tertiary/aromatic N) is 3. The number of carbonyl (C=O) groups is 1. The van der Waals surface area contributed by atoms with Gasteiger partial charge < -0.3 is 15.4 Å². The van der Waals surface area contributed by atoms with Crippen LogP contribution in [0.5, 0.6) is 0 Å². The Morgan fingerprint density at radius 2 is 2.16 bits per heavy atom. The summed E-state index contributed by atoms with van der Waals surface area (Å²) in [5.41, 5.74) is -0.461. The number of nitrogens with one attached hydrogen (secondary N) is 3. The minimum absolute atomic E-state index is 0.0270. The third kappa shape index (κ3) is 3.32. The van der Waals surface area contributed by atoms with Crippen molar-refractivity contribution >= 4 is 5.91 Å². The van der Waals surface area contributed by atoms with Crippen molar-refractivity contribution in [3.63, 3.8) is 0 Å². The molecule has 1 atom stereocenters. The van der Waals surface area contributed by atoms with Gasteiger partial charge in [0.2, 0.25) is 0 Å². The lowest BCUT2D eigenvalue weighted by Gasteiger charge is -2.23. The van der Waals surface area contributed by atoms with E-state index in [0.29, 0.717) is 23.4 Å². The molecule has 1 amide bonds. The molecule has 0 saturated heterocycles. The van der Waals surface area contributed by atoms with E-state index in [1.165, 1.54) is 6.20 Å². The fourth-order valence-electron chi connectivity index (χ4n) is 2.86. The lowest BCUT2D eigenvalue weighted by molar-refractivity contribution is 0.0948. The highest BCUT2D eigenvalue weighted by Crippen LogP contribution is 2.39. The Balaban J connectivity index is 1.38. The maximum atomic E-state index is 12.2. The van der Waals surface area contributed by atoms with Crippen LogP contribution < -0.4 is 10.9 Å². The summed E-state index contributed by atoms with van der Waals surface area (Å²) in [6.07, 6.45) is 5.81.